The van der Waals surface area contributed by atoms with Crippen LogP contribution in [0, 0.1) is 5.92 Å². The van der Waals surface area contributed by atoms with Crippen molar-refractivity contribution < 1.29 is 48.6 Å². The second-order valence-corrected chi connectivity index (χ2v) is 15.5. The van der Waals surface area contributed by atoms with Crippen molar-refractivity contribution in [1.82, 2.24) is 41.5 Å². The third-order valence-corrected chi connectivity index (χ3v) is 10.1. The number of carbonyl (C=O) groups is 8. The summed E-state index contributed by atoms with van der Waals surface area (Å²) in [6, 6.07) is -0.0445. The Balaban J connectivity index is 1.87. The molecule has 21 nitrogen and oxygen atoms in total. The Kier molecular flexibility index (Phi) is 20.2. The molecule has 7 atom stereocenters. The van der Waals surface area contributed by atoms with Crippen LogP contribution >= 0.6 is 0 Å². The van der Waals surface area contributed by atoms with Crippen LogP contribution in [0.5, 0.6) is 0 Å². The predicted molar refractivity (Wildman–Crippen MR) is 220 cm³/mol. The molecule has 1 fully saturated rings. The van der Waals surface area contributed by atoms with Crippen LogP contribution < -0.4 is 43.8 Å². The molecule has 3 rings (SSSR count). The smallest absolute Gasteiger partial charge is 0.326 e. The number of aliphatic hydroxyl groups is 1. The Morgan fingerprint density at radius 1 is 0.820 bits per heavy atom. The van der Waals surface area contributed by atoms with Gasteiger partial charge in [0.25, 0.3) is 0 Å². The highest BCUT2D eigenvalue weighted by atomic mass is 16.4. The van der Waals surface area contributed by atoms with Crippen molar-refractivity contribution in [1.29, 1.82) is 0 Å². The standard InChI is InChI=1S/C40H61N11O10/c1-23(2)17-28(47-34(54)26(42)13-14-33(43)53)36(56)48-29(18-24-9-4-3-5-10-24)37(57)46-27(11-6-7-15-41)35(55)49-30(19-25-20-44-22-45-25)38(58)50-31(21-52)39(59)51-16-8-12-32(51)40(60)61/h3-5,9-10,20,22-23,26-32,52H,6-8,11-19,21,41-42H2,1-2H3,(H2,43,53)(H,44,45)(H,46,57)(H,47,54)(H,48,56)(H,49,55)(H,50,58)(H,60,61)/t26-,27-,28-,29-,30-,31-,32-/m0/s1. The molecule has 0 bridgehead atoms. The van der Waals surface area contributed by atoms with Gasteiger partial charge in [-0.15, -0.1) is 0 Å². The number of carbonyl (C=O) groups excluding carboxylic acids is 7. The molecule has 0 saturated carbocycles. The number of carboxylic acid groups (broad SMARTS) is 1. The molecular formula is C40H61N11O10. The number of likely N-dealkylation sites (tertiary alicyclic amines) is 1. The van der Waals surface area contributed by atoms with Crippen LogP contribution in [-0.2, 0) is 51.2 Å². The first-order valence-corrected chi connectivity index (χ1v) is 20.5. The second-order valence-electron chi connectivity index (χ2n) is 15.5. The Morgan fingerprint density at radius 2 is 1.41 bits per heavy atom. The van der Waals surface area contributed by atoms with E-state index in [2.05, 4.69) is 36.6 Å². The molecule has 61 heavy (non-hydrogen) atoms. The molecule has 0 aliphatic carbocycles. The summed E-state index contributed by atoms with van der Waals surface area (Å²) in [5, 5.41) is 32.9. The van der Waals surface area contributed by atoms with Crippen LogP contribution in [0.3, 0.4) is 0 Å². The number of H-pyrrole nitrogens is 1. The van der Waals surface area contributed by atoms with Gasteiger partial charge in [0.15, 0.2) is 0 Å². The summed E-state index contributed by atoms with van der Waals surface area (Å²) < 4.78 is 0. The summed E-state index contributed by atoms with van der Waals surface area (Å²) in [4.78, 5) is 113. The minimum atomic E-state index is -1.52. The van der Waals surface area contributed by atoms with Gasteiger partial charge in [0.1, 0.15) is 36.3 Å². The zero-order valence-electron chi connectivity index (χ0n) is 34.6. The molecule has 336 valence electrons. The molecule has 1 aromatic heterocycles. The average Bonchev–Trinajstić information content (AvgIpc) is 3.94. The van der Waals surface area contributed by atoms with Gasteiger partial charge in [-0.2, -0.15) is 0 Å². The van der Waals surface area contributed by atoms with Crippen molar-refractivity contribution in [2.24, 2.45) is 23.1 Å². The second kappa shape index (κ2) is 25.0. The van der Waals surface area contributed by atoms with Crippen LogP contribution in [0.4, 0.5) is 0 Å². The number of aliphatic carboxylic acids is 1. The van der Waals surface area contributed by atoms with Gasteiger partial charge < -0.3 is 63.9 Å². The number of hydrogen-bond donors (Lipinski definition) is 11. The minimum absolute atomic E-state index is 0.0167. The summed E-state index contributed by atoms with van der Waals surface area (Å²) in [7, 11) is 0. The van der Waals surface area contributed by atoms with E-state index in [0.29, 0.717) is 30.5 Å². The SMILES string of the molecule is CC(C)C[C@H](NC(=O)[C@@H](N)CCC(N)=O)C(=O)N[C@@H](Cc1ccccc1)C(=O)N[C@@H](CCCCN)C(=O)N[C@@H](Cc1cnc[nH]1)C(=O)N[C@@H](CO)C(=O)N1CCC[C@H]1C(=O)O. The quantitative estimate of drug-likeness (QED) is 0.0435. The third kappa shape index (κ3) is 16.2. The number of nitrogens with zero attached hydrogens (tertiary/aromatic N) is 2. The van der Waals surface area contributed by atoms with Crippen molar-refractivity contribution in [3.63, 3.8) is 0 Å². The molecule has 1 aliphatic rings. The third-order valence-electron chi connectivity index (χ3n) is 10.1. The van der Waals surface area contributed by atoms with Crippen molar-refractivity contribution in [2.45, 2.75) is 120 Å². The number of benzene rings is 1. The number of aliphatic hydroxyl groups excluding tert-OH is 1. The summed E-state index contributed by atoms with van der Waals surface area (Å²) in [5.74, 6) is -6.55. The number of hydrogen-bond acceptors (Lipinski definition) is 12. The Bertz CT molecular complexity index is 1780. The number of imidazole rings is 1. The summed E-state index contributed by atoms with van der Waals surface area (Å²) in [5.41, 5.74) is 18.0. The maximum absolute atomic E-state index is 14.2. The molecular weight excluding hydrogens is 795 g/mol. The van der Waals surface area contributed by atoms with Crippen molar-refractivity contribution in [2.75, 3.05) is 19.7 Å². The molecule has 0 unspecified atom stereocenters. The largest absolute Gasteiger partial charge is 0.480 e. The average molecular weight is 856 g/mol. The topological polar surface area (TPSA) is 347 Å². The van der Waals surface area contributed by atoms with Gasteiger partial charge in [-0.25, -0.2) is 9.78 Å². The first-order valence-electron chi connectivity index (χ1n) is 20.5. The highest BCUT2D eigenvalue weighted by Crippen LogP contribution is 2.19. The first kappa shape index (κ1) is 49.4. The normalized spacial score (nSPS) is 16.6. The number of nitrogens with one attached hydrogen (secondary N) is 6. The van der Waals surface area contributed by atoms with Gasteiger partial charge in [-0.1, -0.05) is 44.2 Å². The van der Waals surface area contributed by atoms with E-state index in [-0.39, 0.29) is 64.0 Å². The summed E-state index contributed by atoms with van der Waals surface area (Å²) in [6.07, 6.45) is 4.15. The van der Waals surface area contributed by atoms with Crippen molar-refractivity contribution in [3.8, 4) is 0 Å². The molecule has 1 saturated heterocycles. The highest BCUT2D eigenvalue weighted by molar-refractivity contribution is 5.97. The molecule has 2 heterocycles. The summed E-state index contributed by atoms with van der Waals surface area (Å²) in [6.45, 7) is 3.22. The van der Waals surface area contributed by atoms with Gasteiger partial charge in [-0.3, -0.25) is 33.6 Å². The molecule has 2 aromatic rings. The zero-order chi connectivity index (χ0) is 45.1. The van der Waals surface area contributed by atoms with Crippen LogP contribution in [0.1, 0.15) is 76.5 Å². The van der Waals surface area contributed by atoms with Crippen LogP contribution in [0.2, 0.25) is 0 Å². The lowest BCUT2D eigenvalue weighted by atomic mass is 10.00. The van der Waals surface area contributed by atoms with Crippen molar-refractivity contribution in [3.05, 3.63) is 54.1 Å². The van der Waals surface area contributed by atoms with E-state index < -0.39 is 96.2 Å². The lowest BCUT2D eigenvalue weighted by molar-refractivity contribution is -0.150. The monoisotopic (exact) mass is 855 g/mol. The van der Waals surface area contributed by atoms with E-state index in [0.717, 1.165) is 4.90 Å². The first-order chi connectivity index (χ1) is 29.0. The maximum atomic E-state index is 14.2. The van der Waals surface area contributed by atoms with E-state index in [1.807, 2.05) is 13.8 Å². The van der Waals surface area contributed by atoms with Gasteiger partial charge >= 0.3 is 5.97 Å². The number of aromatic amines is 1. The number of amides is 7. The Morgan fingerprint density at radius 3 is 1.98 bits per heavy atom. The lowest BCUT2D eigenvalue weighted by Crippen LogP contribution is -2.60. The number of rotatable bonds is 26. The minimum Gasteiger partial charge on any atom is -0.480 e. The Hall–Kier alpha value is -5.93. The molecule has 1 aromatic carbocycles. The molecule has 0 spiro atoms. The molecule has 21 heteroatoms. The predicted octanol–water partition coefficient (Wildman–Crippen LogP) is -2.55. The number of nitrogens with two attached hydrogens (primary N) is 3. The fourth-order valence-electron chi connectivity index (χ4n) is 6.82. The Labute approximate surface area is 354 Å². The number of carboxylic acids is 1. The van der Waals surface area contributed by atoms with Gasteiger partial charge in [0.05, 0.1) is 19.0 Å². The lowest BCUT2D eigenvalue weighted by Gasteiger charge is -2.29. The van der Waals surface area contributed by atoms with Crippen LogP contribution in [0.15, 0.2) is 42.9 Å². The van der Waals surface area contributed by atoms with E-state index in [1.165, 1.54) is 12.5 Å². The fraction of sp³-hybridized carbons (Fsp3) is 0.575. The van der Waals surface area contributed by atoms with E-state index >= 15 is 0 Å². The van der Waals surface area contributed by atoms with Gasteiger partial charge in [0.2, 0.25) is 41.4 Å². The fourth-order valence-corrected chi connectivity index (χ4v) is 6.82. The summed E-state index contributed by atoms with van der Waals surface area (Å²) >= 11 is 0. The number of primary amides is 1. The zero-order valence-corrected chi connectivity index (χ0v) is 34.6. The van der Waals surface area contributed by atoms with E-state index in [9.17, 15) is 48.6 Å². The van der Waals surface area contributed by atoms with Crippen molar-refractivity contribution >= 4 is 47.3 Å². The van der Waals surface area contributed by atoms with E-state index in [4.69, 9.17) is 17.2 Å². The van der Waals surface area contributed by atoms with Crippen LogP contribution in [-0.4, -0.2) is 134 Å². The van der Waals surface area contributed by atoms with Gasteiger partial charge in [-0.05, 0) is 63.0 Å². The molecule has 14 N–H and O–H groups in total. The maximum Gasteiger partial charge on any atom is 0.326 e. The van der Waals surface area contributed by atoms with E-state index in [1.54, 1.807) is 30.3 Å². The molecule has 7 amide bonds. The number of unbranched alkanes of at least 4 members (excludes halogenated alkanes) is 1. The highest BCUT2D eigenvalue weighted by Gasteiger charge is 2.39. The molecule has 1 aliphatic heterocycles. The number of aromatic nitrogens is 2. The molecule has 0 radical (unpaired) electrons. The van der Waals surface area contributed by atoms with Crippen LogP contribution in [0.25, 0.3) is 0 Å². The van der Waals surface area contributed by atoms with Gasteiger partial charge in [0, 0.05) is 37.7 Å².